The van der Waals surface area contributed by atoms with Gasteiger partial charge in [0.15, 0.2) is 4.34 Å². The Labute approximate surface area is 169 Å². The van der Waals surface area contributed by atoms with Gasteiger partial charge in [0, 0.05) is 4.88 Å². The maximum Gasteiger partial charge on any atom is 0.341 e. The van der Waals surface area contributed by atoms with Crippen LogP contribution in [-0.4, -0.2) is 34.4 Å². The Kier molecular flexibility index (Phi) is 6.59. The molecule has 0 atom stereocenters. The number of hydrogen-bond acceptors (Lipinski definition) is 8. The van der Waals surface area contributed by atoms with Gasteiger partial charge in [0.25, 0.3) is 0 Å². The molecule has 0 bridgehead atoms. The summed E-state index contributed by atoms with van der Waals surface area (Å²) in [6.07, 6.45) is 0. The molecular weight excluding hydrogens is 402 g/mol. The Morgan fingerprint density at radius 2 is 2.04 bits per heavy atom. The van der Waals surface area contributed by atoms with E-state index in [2.05, 4.69) is 15.5 Å². The number of nitrogens with one attached hydrogen (secondary N) is 1. The number of benzene rings is 1. The van der Waals surface area contributed by atoms with E-state index in [9.17, 15) is 9.59 Å². The fourth-order valence-corrected chi connectivity index (χ4v) is 4.94. The topological polar surface area (TPSA) is 81.2 Å². The van der Waals surface area contributed by atoms with Crippen LogP contribution in [-0.2, 0) is 9.53 Å². The molecule has 0 aliphatic carbocycles. The van der Waals surface area contributed by atoms with Crippen molar-refractivity contribution < 1.29 is 14.3 Å². The summed E-state index contributed by atoms with van der Waals surface area (Å²) < 4.78 is 5.92. The van der Waals surface area contributed by atoms with E-state index < -0.39 is 5.97 Å². The van der Waals surface area contributed by atoms with Gasteiger partial charge >= 0.3 is 5.97 Å². The normalized spacial score (nSPS) is 10.6. The van der Waals surface area contributed by atoms with Crippen molar-refractivity contribution in [1.82, 2.24) is 10.2 Å². The van der Waals surface area contributed by atoms with Gasteiger partial charge in [-0.1, -0.05) is 53.4 Å². The van der Waals surface area contributed by atoms with Gasteiger partial charge in [-0.25, -0.2) is 4.79 Å². The fourth-order valence-electron chi connectivity index (χ4n) is 2.43. The van der Waals surface area contributed by atoms with Gasteiger partial charge in [0.05, 0.1) is 17.9 Å². The lowest BCUT2D eigenvalue weighted by Crippen LogP contribution is -2.16. The Hall–Kier alpha value is -2.23. The van der Waals surface area contributed by atoms with Gasteiger partial charge in [-0.15, -0.1) is 21.5 Å². The molecule has 0 saturated heterocycles. The lowest BCUT2D eigenvalue weighted by Gasteiger charge is -2.06. The number of rotatable bonds is 7. The molecule has 0 aliphatic rings. The Balaban J connectivity index is 1.85. The summed E-state index contributed by atoms with van der Waals surface area (Å²) in [5, 5.41) is 11.0. The quantitative estimate of drug-likeness (QED) is 0.449. The average molecular weight is 420 g/mol. The minimum absolute atomic E-state index is 0.190. The molecule has 6 nitrogen and oxygen atoms in total. The van der Waals surface area contributed by atoms with Gasteiger partial charge in [-0.05, 0) is 25.0 Å². The number of aromatic nitrogens is 2. The molecular formula is C18H17N3O3S3. The monoisotopic (exact) mass is 419 g/mol. The first-order valence-corrected chi connectivity index (χ1v) is 10.8. The van der Waals surface area contributed by atoms with Crippen LogP contribution >= 0.6 is 34.4 Å². The van der Waals surface area contributed by atoms with E-state index in [0.717, 1.165) is 20.3 Å². The second kappa shape index (κ2) is 9.12. The van der Waals surface area contributed by atoms with Crippen LogP contribution in [0, 0.1) is 6.92 Å². The van der Waals surface area contributed by atoms with Crippen molar-refractivity contribution in [1.29, 1.82) is 0 Å². The third kappa shape index (κ3) is 4.74. The maximum absolute atomic E-state index is 12.5. The Morgan fingerprint density at radius 1 is 1.26 bits per heavy atom. The Morgan fingerprint density at radius 3 is 2.70 bits per heavy atom. The molecule has 2 aromatic heterocycles. The third-order valence-corrected chi connectivity index (χ3v) is 6.70. The molecule has 3 aromatic rings. The summed E-state index contributed by atoms with van der Waals surface area (Å²) in [7, 11) is 0. The molecule has 9 heteroatoms. The fraction of sp³-hybridized carbons (Fsp3) is 0.222. The minimum Gasteiger partial charge on any atom is -0.462 e. The molecule has 1 amide bonds. The molecule has 0 radical (unpaired) electrons. The Bertz CT molecular complexity index is 924. The molecule has 0 spiro atoms. The van der Waals surface area contributed by atoms with Gasteiger partial charge < -0.3 is 10.1 Å². The number of amides is 1. The lowest BCUT2D eigenvalue weighted by atomic mass is 10.1. The SMILES string of the molecule is CCOC(=O)c1c(NC(=O)CSc2nncs2)sc(-c2ccccc2)c1C. The second-order valence-corrected chi connectivity index (χ2v) is 8.46. The van der Waals surface area contributed by atoms with E-state index in [0.29, 0.717) is 10.6 Å². The molecule has 0 fully saturated rings. The predicted molar refractivity (Wildman–Crippen MR) is 110 cm³/mol. The summed E-state index contributed by atoms with van der Waals surface area (Å²) in [6, 6.07) is 9.77. The van der Waals surface area contributed by atoms with E-state index in [1.807, 2.05) is 37.3 Å². The highest BCUT2D eigenvalue weighted by Crippen LogP contribution is 2.40. The number of ether oxygens (including phenoxy) is 1. The van der Waals surface area contributed by atoms with Crippen LogP contribution in [0.5, 0.6) is 0 Å². The maximum atomic E-state index is 12.5. The molecule has 0 unspecified atom stereocenters. The highest BCUT2D eigenvalue weighted by molar-refractivity contribution is 8.01. The predicted octanol–water partition coefficient (Wildman–Crippen LogP) is 4.48. The zero-order valence-corrected chi connectivity index (χ0v) is 17.2. The number of hydrogen-bond donors (Lipinski definition) is 1. The lowest BCUT2D eigenvalue weighted by molar-refractivity contribution is -0.113. The van der Waals surface area contributed by atoms with E-state index in [1.54, 1.807) is 12.4 Å². The summed E-state index contributed by atoms with van der Waals surface area (Å²) in [5.41, 5.74) is 3.83. The van der Waals surface area contributed by atoms with E-state index in [1.165, 1.54) is 34.4 Å². The molecule has 2 heterocycles. The van der Waals surface area contributed by atoms with Gasteiger partial charge in [-0.2, -0.15) is 0 Å². The molecule has 0 saturated carbocycles. The minimum atomic E-state index is -0.430. The number of thiophene rings is 1. The van der Waals surface area contributed by atoms with Crippen LogP contribution < -0.4 is 5.32 Å². The molecule has 3 rings (SSSR count). The first kappa shape index (κ1) is 19.5. The van der Waals surface area contributed by atoms with Gasteiger partial charge in [-0.3, -0.25) is 4.79 Å². The third-order valence-electron chi connectivity index (χ3n) is 3.58. The highest BCUT2D eigenvalue weighted by atomic mass is 32.2. The van der Waals surface area contributed by atoms with Crippen LogP contribution in [0.1, 0.15) is 22.8 Å². The molecule has 27 heavy (non-hydrogen) atoms. The highest BCUT2D eigenvalue weighted by Gasteiger charge is 2.24. The smallest absolute Gasteiger partial charge is 0.341 e. The number of carbonyl (C=O) groups is 2. The van der Waals surface area contributed by atoms with Crippen molar-refractivity contribution in [2.24, 2.45) is 0 Å². The molecule has 0 aliphatic heterocycles. The van der Waals surface area contributed by atoms with Crippen molar-refractivity contribution in [3.05, 3.63) is 47.0 Å². The zero-order valence-electron chi connectivity index (χ0n) is 14.7. The summed E-state index contributed by atoms with van der Waals surface area (Å²) in [5.74, 6) is -0.447. The van der Waals surface area contributed by atoms with Crippen LogP contribution in [0.3, 0.4) is 0 Å². The number of carbonyl (C=O) groups excluding carboxylic acids is 2. The van der Waals surface area contributed by atoms with E-state index >= 15 is 0 Å². The van der Waals surface area contributed by atoms with E-state index in [4.69, 9.17) is 4.74 Å². The van der Waals surface area contributed by atoms with Crippen molar-refractivity contribution in [3.8, 4) is 10.4 Å². The first-order chi connectivity index (χ1) is 13.1. The standard InChI is InChI=1S/C18H17N3O3S3/c1-3-24-17(23)14-11(2)15(12-7-5-4-6-8-12)27-16(14)20-13(22)9-25-18-21-19-10-26-18/h4-8,10H,3,9H2,1-2H3,(H,20,22). The molecule has 140 valence electrons. The first-order valence-electron chi connectivity index (χ1n) is 8.15. The van der Waals surface area contributed by atoms with Crippen molar-refractivity contribution in [3.63, 3.8) is 0 Å². The second-order valence-electron chi connectivity index (χ2n) is 5.39. The van der Waals surface area contributed by atoms with Crippen LogP contribution in [0.4, 0.5) is 5.00 Å². The number of esters is 1. The van der Waals surface area contributed by atoms with Gasteiger partial charge in [0.1, 0.15) is 10.5 Å². The summed E-state index contributed by atoms with van der Waals surface area (Å²) >= 11 is 4.06. The van der Waals surface area contributed by atoms with Crippen LogP contribution in [0.15, 0.2) is 40.2 Å². The zero-order chi connectivity index (χ0) is 19.2. The summed E-state index contributed by atoms with van der Waals surface area (Å²) in [4.78, 5) is 25.8. The largest absolute Gasteiger partial charge is 0.462 e. The van der Waals surface area contributed by atoms with Crippen molar-refractivity contribution >= 4 is 51.3 Å². The average Bonchev–Trinajstić information content (AvgIpc) is 3.29. The van der Waals surface area contributed by atoms with Crippen molar-refractivity contribution in [2.45, 2.75) is 18.2 Å². The van der Waals surface area contributed by atoms with E-state index in [-0.39, 0.29) is 18.3 Å². The molecule has 1 N–H and O–H groups in total. The molecule has 1 aromatic carbocycles. The number of nitrogens with zero attached hydrogens (tertiary/aromatic N) is 2. The summed E-state index contributed by atoms with van der Waals surface area (Å²) in [6.45, 7) is 3.90. The number of thioether (sulfide) groups is 1. The van der Waals surface area contributed by atoms with Gasteiger partial charge in [0.2, 0.25) is 5.91 Å². The van der Waals surface area contributed by atoms with Crippen LogP contribution in [0.2, 0.25) is 0 Å². The number of anilines is 1. The van der Waals surface area contributed by atoms with Crippen molar-refractivity contribution in [2.75, 3.05) is 17.7 Å². The van der Waals surface area contributed by atoms with Crippen LogP contribution in [0.25, 0.3) is 10.4 Å².